The molecule has 0 aliphatic heterocycles. The molecule has 3 heterocycles. The van der Waals surface area contributed by atoms with E-state index >= 15 is 0 Å². The summed E-state index contributed by atoms with van der Waals surface area (Å²) < 4.78 is 15.9. The van der Waals surface area contributed by atoms with Gasteiger partial charge in [-0.2, -0.15) is 0 Å². The molecule has 0 atom stereocenters. The molecule has 0 N–H and O–H groups in total. The number of benzene rings is 4. The lowest BCUT2D eigenvalue weighted by Gasteiger charge is -2.12. The van der Waals surface area contributed by atoms with Crippen molar-refractivity contribution in [1.29, 1.82) is 0 Å². The number of pyridine rings is 2. The summed E-state index contributed by atoms with van der Waals surface area (Å²) in [6.45, 7) is 0. The molecule has 7 rings (SSSR count). The lowest BCUT2D eigenvalue weighted by Crippen LogP contribution is -1.94. The highest BCUT2D eigenvalue weighted by molar-refractivity contribution is 6.20. The van der Waals surface area contributed by atoms with Crippen LogP contribution in [0.15, 0.2) is 110 Å². The average Bonchev–Trinajstić information content (AvgIpc) is 3.21. The number of hydrogen-bond donors (Lipinski definition) is 0. The second-order valence-corrected chi connectivity index (χ2v) is 8.51. The first-order chi connectivity index (χ1) is 16.8. The number of halogens is 1. The third kappa shape index (κ3) is 2.75. The summed E-state index contributed by atoms with van der Waals surface area (Å²) in [4.78, 5) is 8.75. The fourth-order valence-electron chi connectivity index (χ4n) is 5.09. The van der Waals surface area contributed by atoms with Gasteiger partial charge in [-0.1, -0.05) is 24.3 Å². The Bertz CT molecular complexity index is 1850. The molecule has 0 aliphatic carbocycles. The van der Waals surface area contributed by atoms with Gasteiger partial charge >= 0.3 is 0 Å². The van der Waals surface area contributed by atoms with Gasteiger partial charge in [0.2, 0.25) is 0 Å². The zero-order chi connectivity index (χ0) is 22.6. The van der Waals surface area contributed by atoms with Crippen molar-refractivity contribution in [2.45, 2.75) is 0 Å². The highest BCUT2D eigenvalue weighted by Crippen LogP contribution is 2.39. The van der Waals surface area contributed by atoms with Crippen LogP contribution in [-0.4, -0.2) is 14.5 Å². The van der Waals surface area contributed by atoms with E-state index in [1.807, 2.05) is 42.9 Å². The Morgan fingerprint density at radius 3 is 2.29 bits per heavy atom. The second kappa shape index (κ2) is 7.22. The number of aromatic nitrogens is 3. The maximum atomic E-state index is 13.7. The molecule has 7 aromatic rings. The van der Waals surface area contributed by atoms with Gasteiger partial charge in [0.1, 0.15) is 5.82 Å². The van der Waals surface area contributed by atoms with Gasteiger partial charge in [0.15, 0.2) is 0 Å². The van der Waals surface area contributed by atoms with Crippen molar-refractivity contribution < 1.29 is 4.39 Å². The van der Waals surface area contributed by atoms with E-state index in [9.17, 15) is 4.39 Å². The monoisotopic (exact) mass is 439 g/mol. The second-order valence-electron chi connectivity index (χ2n) is 8.51. The lowest BCUT2D eigenvalue weighted by atomic mass is 9.94. The van der Waals surface area contributed by atoms with E-state index in [-0.39, 0.29) is 5.82 Å². The number of nitrogens with zero attached hydrogens (tertiary/aromatic N) is 3. The van der Waals surface area contributed by atoms with E-state index in [4.69, 9.17) is 0 Å². The summed E-state index contributed by atoms with van der Waals surface area (Å²) in [5, 5.41) is 6.88. The minimum absolute atomic E-state index is 0.239. The van der Waals surface area contributed by atoms with Crippen LogP contribution in [-0.2, 0) is 0 Å². The molecular formula is C30H18FN3. The molecule has 0 spiro atoms. The van der Waals surface area contributed by atoms with Crippen LogP contribution in [0, 0.1) is 5.82 Å². The minimum Gasteiger partial charge on any atom is -0.309 e. The maximum absolute atomic E-state index is 13.7. The average molecular weight is 439 g/mol. The molecule has 0 bridgehead atoms. The predicted octanol–water partition coefficient (Wildman–Crippen LogP) is 7.69. The van der Waals surface area contributed by atoms with Crippen LogP contribution < -0.4 is 0 Å². The summed E-state index contributed by atoms with van der Waals surface area (Å²) >= 11 is 0. The molecule has 0 fully saturated rings. The fourth-order valence-corrected chi connectivity index (χ4v) is 5.09. The first-order valence-electron chi connectivity index (χ1n) is 11.2. The molecule has 0 unspecified atom stereocenters. The van der Waals surface area contributed by atoms with Gasteiger partial charge in [0, 0.05) is 52.2 Å². The molecule has 34 heavy (non-hydrogen) atoms. The summed E-state index contributed by atoms with van der Waals surface area (Å²) in [6.07, 6.45) is 7.46. The molecule has 0 saturated heterocycles. The lowest BCUT2D eigenvalue weighted by molar-refractivity contribution is 0.627. The van der Waals surface area contributed by atoms with Crippen molar-refractivity contribution in [3.05, 3.63) is 116 Å². The van der Waals surface area contributed by atoms with Crippen molar-refractivity contribution in [1.82, 2.24) is 14.5 Å². The smallest absolute Gasteiger partial charge is 0.123 e. The molecule has 3 nitrogen and oxygen atoms in total. The number of fused-ring (bicyclic) bond motifs is 6. The highest BCUT2D eigenvalue weighted by atomic mass is 19.1. The Morgan fingerprint density at radius 2 is 1.44 bits per heavy atom. The third-order valence-corrected chi connectivity index (χ3v) is 6.60. The normalized spacial score (nSPS) is 11.7. The first-order valence-corrected chi connectivity index (χ1v) is 11.2. The van der Waals surface area contributed by atoms with E-state index in [0.717, 1.165) is 54.8 Å². The number of hydrogen-bond acceptors (Lipinski definition) is 2. The number of rotatable bonds is 2. The van der Waals surface area contributed by atoms with Crippen molar-refractivity contribution in [3.63, 3.8) is 0 Å². The van der Waals surface area contributed by atoms with Gasteiger partial charge in [0.05, 0.1) is 11.0 Å². The standard InChI is InChI=1S/C30H18FN3/c31-21-7-9-22(10-8-21)34-29-6-2-1-5-24(29)27-15-20-14-25(19-4-3-12-32-17-19)28-18-33-13-11-23(28)26(20)16-30(27)34/h1-18H. The van der Waals surface area contributed by atoms with Crippen molar-refractivity contribution in [2.75, 3.05) is 0 Å². The van der Waals surface area contributed by atoms with Crippen LogP contribution in [0.25, 0.3) is 60.2 Å². The number of para-hydroxylation sites is 1. The van der Waals surface area contributed by atoms with Crippen LogP contribution in [0.1, 0.15) is 0 Å². The van der Waals surface area contributed by atoms with Gasteiger partial charge in [0.25, 0.3) is 0 Å². The van der Waals surface area contributed by atoms with E-state index in [2.05, 4.69) is 63.1 Å². The molecule has 0 saturated carbocycles. The summed E-state index contributed by atoms with van der Waals surface area (Å²) in [5.74, 6) is -0.239. The minimum atomic E-state index is -0.239. The zero-order valence-corrected chi connectivity index (χ0v) is 18.1. The Kier molecular flexibility index (Phi) is 4.02. The van der Waals surface area contributed by atoms with Gasteiger partial charge < -0.3 is 4.57 Å². The van der Waals surface area contributed by atoms with Crippen LogP contribution in [0.4, 0.5) is 4.39 Å². The highest BCUT2D eigenvalue weighted by Gasteiger charge is 2.16. The van der Waals surface area contributed by atoms with E-state index in [1.54, 1.807) is 6.20 Å². The van der Waals surface area contributed by atoms with Crippen LogP contribution in [0.5, 0.6) is 0 Å². The molecule has 0 aliphatic rings. The van der Waals surface area contributed by atoms with Crippen LogP contribution in [0.3, 0.4) is 0 Å². The molecule has 0 amide bonds. The van der Waals surface area contributed by atoms with Crippen LogP contribution >= 0.6 is 0 Å². The summed E-state index contributed by atoms with van der Waals surface area (Å²) in [7, 11) is 0. The van der Waals surface area contributed by atoms with Gasteiger partial charge in [-0.05, 0) is 82.4 Å². The van der Waals surface area contributed by atoms with Gasteiger partial charge in [-0.25, -0.2) is 4.39 Å². The predicted molar refractivity (Wildman–Crippen MR) is 137 cm³/mol. The van der Waals surface area contributed by atoms with Crippen LogP contribution in [0.2, 0.25) is 0 Å². The molecule has 4 heteroatoms. The van der Waals surface area contributed by atoms with Crippen molar-refractivity contribution in [3.8, 4) is 16.8 Å². The largest absolute Gasteiger partial charge is 0.309 e. The molecule has 0 radical (unpaired) electrons. The van der Waals surface area contributed by atoms with Crippen molar-refractivity contribution in [2.24, 2.45) is 0 Å². The topological polar surface area (TPSA) is 30.7 Å². The first kappa shape index (κ1) is 18.9. The summed E-state index contributed by atoms with van der Waals surface area (Å²) in [5.41, 5.74) is 5.30. The summed E-state index contributed by atoms with van der Waals surface area (Å²) in [6, 6.07) is 27.9. The third-order valence-electron chi connectivity index (χ3n) is 6.60. The molecule has 160 valence electrons. The Morgan fingerprint density at radius 1 is 0.588 bits per heavy atom. The quantitative estimate of drug-likeness (QED) is 0.259. The zero-order valence-electron chi connectivity index (χ0n) is 18.1. The van der Waals surface area contributed by atoms with Crippen molar-refractivity contribution >= 4 is 43.4 Å². The molecule has 4 aromatic carbocycles. The fraction of sp³-hybridized carbons (Fsp3) is 0. The SMILES string of the molecule is Fc1ccc(-n2c3ccccc3c3cc4cc(-c5cccnc5)c5cnccc5c4cc32)cc1. The Labute approximate surface area is 194 Å². The van der Waals surface area contributed by atoms with E-state index in [1.165, 1.54) is 17.5 Å². The molecular weight excluding hydrogens is 421 g/mol. The molecule has 3 aromatic heterocycles. The van der Waals surface area contributed by atoms with E-state index < -0.39 is 0 Å². The van der Waals surface area contributed by atoms with Gasteiger partial charge in [-0.15, -0.1) is 0 Å². The Hall–Kier alpha value is -4.57. The van der Waals surface area contributed by atoms with E-state index in [0.29, 0.717) is 0 Å². The maximum Gasteiger partial charge on any atom is 0.123 e. The Balaban J connectivity index is 1.65. The van der Waals surface area contributed by atoms with Gasteiger partial charge in [-0.3, -0.25) is 9.97 Å².